The highest BCUT2D eigenvalue weighted by Crippen LogP contribution is 2.31. The zero-order chi connectivity index (χ0) is 12.1. The van der Waals surface area contributed by atoms with Gasteiger partial charge in [0.05, 0.1) is 6.42 Å². The topological polar surface area (TPSA) is 40.5 Å². The van der Waals surface area contributed by atoms with E-state index in [-0.39, 0.29) is 6.42 Å². The number of carboxylic acids is 1. The van der Waals surface area contributed by atoms with Gasteiger partial charge in [0.15, 0.2) is 0 Å². The first-order chi connectivity index (χ1) is 7.54. The summed E-state index contributed by atoms with van der Waals surface area (Å²) in [7, 11) is 0. The molecule has 0 spiro atoms. The maximum Gasteiger partial charge on any atom is 0.304 e. The van der Waals surface area contributed by atoms with E-state index in [0.29, 0.717) is 18.5 Å². The van der Waals surface area contributed by atoms with Gasteiger partial charge < -0.3 is 5.11 Å². The van der Waals surface area contributed by atoms with Crippen LogP contribution in [0.5, 0.6) is 0 Å². The maximum atomic E-state index is 10.6. The first-order valence-corrected chi connectivity index (χ1v) is 6.50. The Hall–Kier alpha value is -0.570. The van der Waals surface area contributed by atoms with Gasteiger partial charge in [-0.3, -0.25) is 9.69 Å². The van der Waals surface area contributed by atoms with Gasteiger partial charge >= 0.3 is 5.97 Å². The van der Waals surface area contributed by atoms with Gasteiger partial charge in [0, 0.05) is 12.6 Å². The molecule has 0 amide bonds. The first kappa shape index (κ1) is 13.5. The zero-order valence-corrected chi connectivity index (χ0v) is 10.8. The van der Waals surface area contributed by atoms with Crippen LogP contribution in [0.1, 0.15) is 46.5 Å². The summed E-state index contributed by atoms with van der Waals surface area (Å²) in [5, 5.41) is 8.75. The van der Waals surface area contributed by atoms with Crippen molar-refractivity contribution in [2.45, 2.75) is 52.5 Å². The van der Waals surface area contributed by atoms with Gasteiger partial charge in [0.2, 0.25) is 0 Å². The molecule has 0 aromatic carbocycles. The molecular weight excluding hydrogens is 202 g/mol. The van der Waals surface area contributed by atoms with E-state index in [9.17, 15) is 4.79 Å². The fourth-order valence-corrected chi connectivity index (χ4v) is 2.81. The second-order valence-electron chi connectivity index (χ2n) is 5.24. The van der Waals surface area contributed by atoms with E-state index in [4.69, 9.17) is 5.11 Å². The predicted octanol–water partition coefficient (Wildman–Crippen LogP) is 2.61. The summed E-state index contributed by atoms with van der Waals surface area (Å²) in [5.41, 5.74) is 0. The lowest BCUT2D eigenvalue weighted by Crippen LogP contribution is -2.44. The van der Waals surface area contributed by atoms with Crippen molar-refractivity contribution in [3.05, 3.63) is 0 Å². The summed E-state index contributed by atoms with van der Waals surface area (Å²) < 4.78 is 0. The van der Waals surface area contributed by atoms with E-state index < -0.39 is 5.97 Å². The Morgan fingerprint density at radius 1 is 1.38 bits per heavy atom. The molecule has 0 aromatic rings. The molecule has 1 aliphatic rings. The molecule has 0 aliphatic heterocycles. The van der Waals surface area contributed by atoms with Crippen LogP contribution in [0, 0.1) is 11.8 Å². The molecule has 94 valence electrons. The van der Waals surface area contributed by atoms with Crippen LogP contribution in [-0.2, 0) is 4.79 Å². The lowest BCUT2D eigenvalue weighted by atomic mass is 9.79. The second-order valence-corrected chi connectivity index (χ2v) is 5.24. The molecular formula is C13H25NO2. The smallest absolute Gasteiger partial charge is 0.304 e. The normalized spacial score (nSPS) is 30.6. The fraction of sp³-hybridized carbons (Fsp3) is 0.923. The lowest BCUT2D eigenvalue weighted by Gasteiger charge is -2.40. The number of aliphatic carboxylic acids is 1. The van der Waals surface area contributed by atoms with E-state index in [1.165, 1.54) is 19.3 Å². The number of hydrogen-bond donors (Lipinski definition) is 1. The maximum absolute atomic E-state index is 10.6. The molecule has 1 fully saturated rings. The van der Waals surface area contributed by atoms with Crippen LogP contribution < -0.4 is 0 Å². The number of nitrogens with zero attached hydrogens (tertiary/aromatic N) is 1. The average molecular weight is 227 g/mol. The zero-order valence-electron chi connectivity index (χ0n) is 10.8. The number of carboxylic acid groups (broad SMARTS) is 1. The van der Waals surface area contributed by atoms with Crippen molar-refractivity contribution >= 4 is 5.97 Å². The monoisotopic (exact) mass is 227 g/mol. The van der Waals surface area contributed by atoms with Crippen molar-refractivity contribution in [1.29, 1.82) is 0 Å². The van der Waals surface area contributed by atoms with E-state index in [0.717, 1.165) is 12.5 Å². The van der Waals surface area contributed by atoms with Crippen molar-refractivity contribution in [1.82, 2.24) is 4.90 Å². The summed E-state index contributed by atoms with van der Waals surface area (Å²) in [5.74, 6) is 0.819. The Balaban J connectivity index is 2.52. The van der Waals surface area contributed by atoms with Gasteiger partial charge in [-0.15, -0.1) is 0 Å². The van der Waals surface area contributed by atoms with Gasteiger partial charge in [0.1, 0.15) is 0 Å². The molecule has 0 bridgehead atoms. The Morgan fingerprint density at radius 2 is 2.06 bits per heavy atom. The molecule has 3 atom stereocenters. The van der Waals surface area contributed by atoms with Crippen LogP contribution in [0.3, 0.4) is 0 Å². The van der Waals surface area contributed by atoms with Crippen LogP contribution in [0.15, 0.2) is 0 Å². The van der Waals surface area contributed by atoms with Crippen molar-refractivity contribution in [3.8, 4) is 0 Å². The molecule has 1 N–H and O–H groups in total. The molecule has 3 heteroatoms. The van der Waals surface area contributed by atoms with Crippen LogP contribution in [0.4, 0.5) is 0 Å². The molecule has 1 rings (SSSR count). The third-order valence-corrected chi connectivity index (χ3v) is 3.90. The molecule has 1 aliphatic carbocycles. The minimum Gasteiger partial charge on any atom is -0.481 e. The van der Waals surface area contributed by atoms with Crippen LogP contribution in [-0.4, -0.2) is 35.1 Å². The quantitative estimate of drug-likeness (QED) is 0.785. The third-order valence-electron chi connectivity index (χ3n) is 3.90. The predicted molar refractivity (Wildman–Crippen MR) is 65.5 cm³/mol. The highest BCUT2D eigenvalue weighted by atomic mass is 16.4. The van der Waals surface area contributed by atoms with Gasteiger partial charge in [-0.25, -0.2) is 0 Å². The molecule has 0 saturated heterocycles. The second kappa shape index (κ2) is 6.24. The molecule has 16 heavy (non-hydrogen) atoms. The highest BCUT2D eigenvalue weighted by Gasteiger charge is 2.29. The summed E-state index contributed by atoms with van der Waals surface area (Å²) in [6.07, 6.45) is 4.11. The molecule has 0 aromatic heterocycles. The van der Waals surface area contributed by atoms with Gasteiger partial charge in [-0.05, 0) is 31.2 Å². The Kier molecular flexibility index (Phi) is 5.26. The summed E-state index contributed by atoms with van der Waals surface area (Å²) in [6, 6.07) is 0.591. The fourth-order valence-electron chi connectivity index (χ4n) is 2.81. The standard InChI is InChI=1S/C13H25NO2/c1-4-14(8-7-13(15)16)12-9-10(2)5-6-11(12)3/h10-12H,4-9H2,1-3H3,(H,15,16). The number of hydrogen-bond acceptors (Lipinski definition) is 2. The summed E-state index contributed by atoms with van der Waals surface area (Å²) >= 11 is 0. The molecule has 3 nitrogen and oxygen atoms in total. The lowest BCUT2D eigenvalue weighted by molar-refractivity contribution is -0.137. The van der Waals surface area contributed by atoms with E-state index >= 15 is 0 Å². The average Bonchev–Trinajstić information content (AvgIpc) is 2.23. The van der Waals surface area contributed by atoms with Crippen LogP contribution in [0.25, 0.3) is 0 Å². The molecule has 3 unspecified atom stereocenters. The summed E-state index contributed by atoms with van der Waals surface area (Å²) in [6.45, 7) is 8.42. The highest BCUT2D eigenvalue weighted by molar-refractivity contribution is 5.66. The van der Waals surface area contributed by atoms with E-state index in [1.807, 2.05) is 0 Å². The number of rotatable bonds is 5. The van der Waals surface area contributed by atoms with Crippen molar-refractivity contribution in [2.75, 3.05) is 13.1 Å². The van der Waals surface area contributed by atoms with E-state index in [2.05, 4.69) is 25.7 Å². The Bertz CT molecular complexity index is 230. The Labute approximate surface area is 98.8 Å². The van der Waals surface area contributed by atoms with Crippen molar-refractivity contribution in [3.63, 3.8) is 0 Å². The SMILES string of the molecule is CCN(CCC(=O)O)C1CC(C)CCC1C. The van der Waals surface area contributed by atoms with Crippen LogP contribution >= 0.6 is 0 Å². The van der Waals surface area contributed by atoms with Crippen LogP contribution in [0.2, 0.25) is 0 Å². The van der Waals surface area contributed by atoms with Gasteiger partial charge in [-0.2, -0.15) is 0 Å². The molecule has 0 heterocycles. The Morgan fingerprint density at radius 3 is 2.62 bits per heavy atom. The minimum atomic E-state index is -0.685. The van der Waals surface area contributed by atoms with Crippen molar-refractivity contribution in [2.24, 2.45) is 11.8 Å². The summed E-state index contributed by atoms with van der Waals surface area (Å²) in [4.78, 5) is 13.0. The minimum absolute atomic E-state index is 0.269. The third kappa shape index (κ3) is 3.78. The van der Waals surface area contributed by atoms with E-state index in [1.54, 1.807) is 0 Å². The first-order valence-electron chi connectivity index (χ1n) is 6.50. The van der Waals surface area contributed by atoms with Crippen molar-refractivity contribution < 1.29 is 9.90 Å². The largest absolute Gasteiger partial charge is 0.481 e. The molecule has 1 saturated carbocycles. The number of carbonyl (C=O) groups is 1. The molecule has 0 radical (unpaired) electrons. The van der Waals surface area contributed by atoms with Gasteiger partial charge in [-0.1, -0.05) is 27.2 Å². The van der Waals surface area contributed by atoms with Gasteiger partial charge in [0.25, 0.3) is 0 Å².